The van der Waals surface area contributed by atoms with Crippen molar-refractivity contribution in [3.8, 4) is 0 Å². The number of hydrogen-bond donors (Lipinski definition) is 1. The van der Waals surface area contributed by atoms with Gasteiger partial charge in [-0.15, -0.1) is 11.3 Å². The second-order valence-electron chi connectivity index (χ2n) is 5.01. The molecule has 0 aliphatic carbocycles. The summed E-state index contributed by atoms with van der Waals surface area (Å²) in [5.41, 5.74) is 1.32. The molecule has 1 atom stereocenters. The normalized spacial score (nSPS) is 25.1. The number of thiazole rings is 1. The molecule has 1 aromatic heterocycles. The van der Waals surface area contributed by atoms with Crippen LogP contribution >= 0.6 is 11.3 Å². The van der Waals surface area contributed by atoms with Gasteiger partial charge in [-0.25, -0.2) is 4.98 Å². The predicted molar refractivity (Wildman–Crippen MR) is 72.9 cm³/mol. The second-order valence-corrected chi connectivity index (χ2v) is 6.13. The highest BCUT2D eigenvalue weighted by molar-refractivity contribution is 7.11. The minimum atomic E-state index is 0.175. The molecule has 18 heavy (non-hydrogen) atoms. The third-order valence-corrected chi connectivity index (χ3v) is 4.74. The Kier molecular flexibility index (Phi) is 3.94. The van der Waals surface area contributed by atoms with Crippen LogP contribution in [0.15, 0.2) is 0 Å². The van der Waals surface area contributed by atoms with Crippen molar-refractivity contribution in [3.63, 3.8) is 0 Å². The molecule has 2 aliphatic rings. The summed E-state index contributed by atoms with van der Waals surface area (Å²) in [6, 6.07) is 0. The van der Waals surface area contributed by atoms with Crippen LogP contribution in [0.25, 0.3) is 0 Å². The lowest BCUT2D eigenvalue weighted by Crippen LogP contribution is -2.33. The molecule has 3 rings (SSSR count). The maximum Gasteiger partial charge on any atom is 0.123 e. The Morgan fingerprint density at radius 3 is 3.28 bits per heavy atom. The zero-order valence-corrected chi connectivity index (χ0v) is 11.8. The minimum Gasteiger partial charge on any atom is -0.368 e. The highest BCUT2D eigenvalue weighted by Gasteiger charge is 2.25. The third-order valence-electron chi connectivity index (χ3n) is 3.57. The van der Waals surface area contributed by atoms with Crippen LogP contribution in [0.2, 0.25) is 0 Å². The number of nitrogens with one attached hydrogen (secondary N) is 1. The van der Waals surface area contributed by atoms with Gasteiger partial charge in [-0.1, -0.05) is 6.92 Å². The summed E-state index contributed by atoms with van der Waals surface area (Å²) in [5, 5.41) is 4.55. The molecule has 1 N–H and O–H groups in total. The first kappa shape index (κ1) is 12.5. The van der Waals surface area contributed by atoms with Gasteiger partial charge in [0, 0.05) is 37.5 Å². The molecule has 3 heterocycles. The lowest BCUT2D eigenvalue weighted by atomic mass is 10.2. The van der Waals surface area contributed by atoms with Crippen molar-refractivity contribution < 1.29 is 4.74 Å². The van der Waals surface area contributed by atoms with Crippen LogP contribution in [0.3, 0.4) is 0 Å². The Labute approximate surface area is 112 Å². The summed E-state index contributed by atoms with van der Waals surface area (Å²) in [6.07, 6.45) is 2.51. The zero-order valence-electron chi connectivity index (χ0n) is 10.9. The maximum atomic E-state index is 5.79. The topological polar surface area (TPSA) is 37.4 Å². The molecule has 0 aromatic carbocycles. The molecule has 0 saturated carbocycles. The van der Waals surface area contributed by atoms with E-state index >= 15 is 0 Å². The Morgan fingerprint density at radius 2 is 2.50 bits per heavy atom. The maximum absolute atomic E-state index is 5.79. The Bertz CT molecular complexity index is 401. The first-order valence-electron chi connectivity index (χ1n) is 6.90. The molecular formula is C13H21N3OS. The monoisotopic (exact) mass is 267 g/mol. The van der Waals surface area contributed by atoms with Crippen molar-refractivity contribution in [2.75, 3.05) is 32.8 Å². The van der Waals surface area contributed by atoms with Crippen molar-refractivity contribution in [3.05, 3.63) is 15.6 Å². The van der Waals surface area contributed by atoms with Crippen molar-refractivity contribution in [2.24, 2.45) is 0 Å². The molecule has 0 bridgehead atoms. The summed E-state index contributed by atoms with van der Waals surface area (Å²) >= 11 is 1.85. The minimum absolute atomic E-state index is 0.175. The van der Waals surface area contributed by atoms with Crippen molar-refractivity contribution >= 4 is 11.3 Å². The summed E-state index contributed by atoms with van der Waals surface area (Å²) < 4.78 is 5.79. The van der Waals surface area contributed by atoms with Gasteiger partial charge < -0.3 is 10.1 Å². The molecule has 4 nitrogen and oxygen atoms in total. The van der Waals surface area contributed by atoms with Crippen LogP contribution in [0.1, 0.15) is 35.0 Å². The lowest BCUT2D eigenvalue weighted by Gasteiger charge is -2.25. The van der Waals surface area contributed by atoms with E-state index in [1.807, 2.05) is 11.3 Å². The Balaban J connectivity index is 1.72. The fraction of sp³-hybridized carbons (Fsp3) is 0.769. The number of rotatable bonds is 3. The van der Waals surface area contributed by atoms with Crippen LogP contribution in [0, 0.1) is 0 Å². The summed E-state index contributed by atoms with van der Waals surface area (Å²) in [4.78, 5) is 8.79. The predicted octanol–water partition coefficient (Wildman–Crippen LogP) is 1.57. The Hall–Kier alpha value is -0.490. The average Bonchev–Trinajstić information content (AvgIpc) is 2.83. The summed E-state index contributed by atoms with van der Waals surface area (Å²) in [6.45, 7) is 8.37. The number of morpholine rings is 1. The van der Waals surface area contributed by atoms with Gasteiger partial charge in [-0.05, 0) is 13.0 Å². The van der Waals surface area contributed by atoms with E-state index in [1.165, 1.54) is 28.5 Å². The number of aromatic nitrogens is 1. The highest BCUT2D eigenvalue weighted by atomic mass is 32.1. The molecule has 1 aromatic rings. The quantitative estimate of drug-likeness (QED) is 0.902. The van der Waals surface area contributed by atoms with Crippen molar-refractivity contribution in [1.29, 1.82) is 0 Å². The van der Waals surface area contributed by atoms with Gasteiger partial charge in [0.15, 0.2) is 0 Å². The molecule has 0 radical (unpaired) electrons. The fourth-order valence-corrected chi connectivity index (χ4v) is 3.84. The summed E-state index contributed by atoms with van der Waals surface area (Å²) in [5.74, 6) is 0. The van der Waals surface area contributed by atoms with Crippen molar-refractivity contribution in [1.82, 2.24) is 15.2 Å². The van der Waals surface area contributed by atoms with Gasteiger partial charge in [0.25, 0.3) is 0 Å². The van der Waals surface area contributed by atoms with Gasteiger partial charge in [-0.2, -0.15) is 0 Å². The molecule has 2 aliphatic heterocycles. The zero-order chi connectivity index (χ0) is 12.4. The molecule has 1 unspecified atom stereocenters. The average molecular weight is 267 g/mol. The van der Waals surface area contributed by atoms with Crippen LogP contribution in [0.4, 0.5) is 0 Å². The number of nitrogens with zero attached hydrogens (tertiary/aromatic N) is 2. The first-order chi connectivity index (χ1) is 8.86. The van der Waals surface area contributed by atoms with E-state index in [1.54, 1.807) is 0 Å². The fourth-order valence-electron chi connectivity index (χ4n) is 2.64. The van der Waals surface area contributed by atoms with E-state index < -0.39 is 0 Å². The lowest BCUT2D eigenvalue weighted by molar-refractivity contribution is 0.0275. The number of hydrogen-bond acceptors (Lipinski definition) is 5. The van der Waals surface area contributed by atoms with E-state index in [-0.39, 0.29) is 6.10 Å². The van der Waals surface area contributed by atoms with Crippen LogP contribution in [0.5, 0.6) is 0 Å². The third kappa shape index (κ3) is 2.59. The molecule has 5 heteroatoms. The largest absolute Gasteiger partial charge is 0.368 e. The molecule has 1 saturated heterocycles. The van der Waals surface area contributed by atoms with Crippen LogP contribution in [-0.2, 0) is 17.7 Å². The summed E-state index contributed by atoms with van der Waals surface area (Å²) in [7, 11) is 0. The van der Waals surface area contributed by atoms with Crippen LogP contribution < -0.4 is 5.32 Å². The van der Waals surface area contributed by atoms with Gasteiger partial charge in [0.2, 0.25) is 0 Å². The highest BCUT2D eigenvalue weighted by Crippen LogP contribution is 2.30. The van der Waals surface area contributed by atoms with Crippen molar-refractivity contribution in [2.45, 2.75) is 32.4 Å². The molecule has 100 valence electrons. The molecule has 0 amide bonds. The van der Waals surface area contributed by atoms with E-state index in [2.05, 4.69) is 17.1 Å². The number of fused-ring (bicyclic) bond motifs is 1. The van der Waals surface area contributed by atoms with E-state index in [0.29, 0.717) is 0 Å². The van der Waals surface area contributed by atoms with Gasteiger partial charge >= 0.3 is 0 Å². The van der Waals surface area contributed by atoms with Gasteiger partial charge in [-0.3, -0.25) is 4.90 Å². The van der Waals surface area contributed by atoms with Gasteiger partial charge in [0.05, 0.1) is 12.3 Å². The van der Waals surface area contributed by atoms with E-state index in [9.17, 15) is 0 Å². The number of ether oxygens (including phenoxy) is 1. The smallest absolute Gasteiger partial charge is 0.123 e. The standard InChI is InChI=1S/C13H21N3OS/c1-2-5-16-6-3-10-12(9-16)18-13(15-10)11-8-14-4-7-17-11/h11,14H,2-9H2,1H3. The first-order valence-corrected chi connectivity index (χ1v) is 7.71. The SMILES string of the molecule is CCCN1CCc2nc(C3CNCCO3)sc2C1. The van der Waals surface area contributed by atoms with E-state index in [0.717, 1.165) is 39.2 Å². The second kappa shape index (κ2) is 5.65. The van der Waals surface area contributed by atoms with Gasteiger partial charge in [0.1, 0.15) is 11.1 Å². The Morgan fingerprint density at radius 1 is 1.56 bits per heavy atom. The molecular weight excluding hydrogens is 246 g/mol. The van der Waals surface area contributed by atoms with E-state index in [4.69, 9.17) is 9.72 Å². The van der Waals surface area contributed by atoms with Crippen LogP contribution in [-0.4, -0.2) is 42.7 Å². The molecule has 0 spiro atoms. The molecule has 1 fully saturated rings.